The monoisotopic (exact) mass is 189 g/mol. The Hall–Kier alpha value is -1.31. The summed E-state index contributed by atoms with van der Waals surface area (Å²) >= 11 is 0. The molecule has 2 rings (SSSR count). The minimum atomic E-state index is 0.0931. The largest absolute Gasteiger partial charge is 0.352 e. The smallest absolute Gasteiger partial charge is 0.251 e. The van der Waals surface area contributed by atoms with E-state index < -0.39 is 0 Å². The Kier molecular flexibility index (Phi) is 2.06. The van der Waals surface area contributed by atoms with Gasteiger partial charge < -0.3 is 5.32 Å². The average Bonchev–Trinajstić information content (AvgIpc) is 2.14. The third kappa shape index (κ3) is 1.22. The number of hydrogen-bond donors (Lipinski definition) is 1. The first kappa shape index (κ1) is 9.25. The van der Waals surface area contributed by atoms with Crippen molar-refractivity contribution < 1.29 is 4.79 Å². The molecule has 0 saturated heterocycles. The number of carbonyl (C=O) groups excluding carboxylic acids is 1. The molecule has 0 aliphatic carbocycles. The van der Waals surface area contributed by atoms with Crippen molar-refractivity contribution in [3.05, 3.63) is 33.9 Å². The molecule has 1 N–H and O–H groups in total. The lowest BCUT2D eigenvalue weighted by molar-refractivity contribution is 0.0945. The van der Waals surface area contributed by atoms with Crippen LogP contribution >= 0.6 is 0 Å². The molecule has 74 valence electrons. The highest BCUT2D eigenvalue weighted by Gasteiger charge is 2.21. The highest BCUT2D eigenvalue weighted by atomic mass is 16.1. The normalized spacial score (nSPS) is 14.9. The van der Waals surface area contributed by atoms with Crippen molar-refractivity contribution in [2.45, 2.75) is 27.2 Å². The predicted octanol–water partition coefficient (Wildman–Crippen LogP) is 1.90. The predicted molar refractivity (Wildman–Crippen MR) is 56.7 cm³/mol. The van der Waals surface area contributed by atoms with E-state index in [1.807, 2.05) is 6.92 Å². The average molecular weight is 189 g/mol. The van der Waals surface area contributed by atoms with E-state index in [-0.39, 0.29) is 5.91 Å². The Morgan fingerprint density at radius 3 is 2.64 bits per heavy atom. The zero-order valence-electron chi connectivity index (χ0n) is 8.90. The Bertz CT molecular complexity index is 407. The number of hydrogen-bond acceptors (Lipinski definition) is 1. The highest BCUT2D eigenvalue weighted by Crippen LogP contribution is 2.24. The van der Waals surface area contributed by atoms with Crippen molar-refractivity contribution in [1.82, 2.24) is 5.32 Å². The van der Waals surface area contributed by atoms with Crippen LogP contribution in [-0.2, 0) is 6.42 Å². The van der Waals surface area contributed by atoms with Crippen LogP contribution in [0.2, 0.25) is 0 Å². The molecule has 1 aliphatic heterocycles. The van der Waals surface area contributed by atoms with Crippen molar-refractivity contribution in [2.75, 3.05) is 6.54 Å². The van der Waals surface area contributed by atoms with Crippen LogP contribution in [0.1, 0.15) is 32.6 Å². The standard InChI is InChI=1S/C12H15NO/c1-7-6-8(2)10-4-5-13-12(14)11(10)9(7)3/h6H,4-5H2,1-3H3,(H,13,14). The first-order chi connectivity index (χ1) is 6.61. The van der Waals surface area contributed by atoms with E-state index >= 15 is 0 Å². The van der Waals surface area contributed by atoms with Gasteiger partial charge in [-0.2, -0.15) is 0 Å². The van der Waals surface area contributed by atoms with E-state index in [1.54, 1.807) is 0 Å². The third-order valence-electron chi connectivity index (χ3n) is 3.06. The lowest BCUT2D eigenvalue weighted by atomic mass is 9.89. The fourth-order valence-corrected chi connectivity index (χ4v) is 2.16. The van der Waals surface area contributed by atoms with Crippen molar-refractivity contribution in [3.63, 3.8) is 0 Å². The second kappa shape index (κ2) is 3.12. The number of nitrogens with one attached hydrogen (secondary N) is 1. The molecule has 1 amide bonds. The Morgan fingerprint density at radius 2 is 1.93 bits per heavy atom. The summed E-state index contributed by atoms with van der Waals surface area (Å²) in [4.78, 5) is 11.7. The molecule has 0 fully saturated rings. The first-order valence-corrected chi connectivity index (χ1v) is 4.99. The molecule has 2 heteroatoms. The molecule has 0 atom stereocenters. The molecule has 0 aromatic heterocycles. The zero-order chi connectivity index (χ0) is 10.3. The molecule has 1 aromatic rings. The summed E-state index contributed by atoms with van der Waals surface area (Å²) in [6, 6.07) is 2.17. The van der Waals surface area contributed by atoms with Crippen molar-refractivity contribution in [2.24, 2.45) is 0 Å². The lowest BCUT2D eigenvalue weighted by Crippen LogP contribution is -2.33. The van der Waals surface area contributed by atoms with E-state index in [0.29, 0.717) is 0 Å². The van der Waals surface area contributed by atoms with E-state index in [0.717, 1.165) is 24.1 Å². The van der Waals surface area contributed by atoms with Crippen LogP contribution in [0, 0.1) is 20.8 Å². The number of amides is 1. The summed E-state index contributed by atoms with van der Waals surface area (Å²) in [6.45, 7) is 6.95. The van der Waals surface area contributed by atoms with Gasteiger partial charge in [0.25, 0.3) is 5.91 Å². The van der Waals surface area contributed by atoms with Crippen molar-refractivity contribution in [1.29, 1.82) is 0 Å². The summed E-state index contributed by atoms with van der Waals surface area (Å²) in [5.74, 6) is 0.0931. The van der Waals surface area contributed by atoms with Crippen molar-refractivity contribution in [3.8, 4) is 0 Å². The van der Waals surface area contributed by atoms with Gasteiger partial charge in [-0.25, -0.2) is 0 Å². The molecule has 0 radical (unpaired) electrons. The van der Waals surface area contributed by atoms with E-state index in [2.05, 4.69) is 25.2 Å². The van der Waals surface area contributed by atoms with Crippen LogP contribution in [0.3, 0.4) is 0 Å². The van der Waals surface area contributed by atoms with Gasteiger partial charge >= 0.3 is 0 Å². The second-order valence-electron chi connectivity index (χ2n) is 3.99. The summed E-state index contributed by atoms with van der Waals surface area (Å²) < 4.78 is 0. The summed E-state index contributed by atoms with van der Waals surface area (Å²) in [7, 11) is 0. The molecular weight excluding hydrogens is 174 g/mol. The summed E-state index contributed by atoms with van der Waals surface area (Å²) in [5, 5.41) is 2.89. The fraction of sp³-hybridized carbons (Fsp3) is 0.417. The van der Waals surface area contributed by atoms with Gasteiger partial charge in [0.2, 0.25) is 0 Å². The van der Waals surface area contributed by atoms with E-state index in [9.17, 15) is 4.79 Å². The Labute approximate surface area is 84.3 Å². The maximum Gasteiger partial charge on any atom is 0.251 e. The van der Waals surface area contributed by atoms with Gasteiger partial charge in [0.1, 0.15) is 0 Å². The van der Waals surface area contributed by atoms with Crippen LogP contribution in [0.5, 0.6) is 0 Å². The van der Waals surface area contributed by atoms with Gasteiger partial charge in [-0.05, 0) is 49.4 Å². The van der Waals surface area contributed by atoms with Crippen LogP contribution in [0.4, 0.5) is 0 Å². The molecule has 0 bridgehead atoms. The number of rotatable bonds is 0. The Balaban J connectivity index is 2.73. The molecule has 2 nitrogen and oxygen atoms in total. The number of carbonyl (C=O) groups is 1. The maximum atomic E-state index is 11.7. The molecular formula is C12H15NO. The SMILES string of the molecule is Cc1cc(C)c2c(c1C)C(=O)NCC2. The molecule has 0 unspecified atom stereocenters. The fourth-order valence-electron chi connectivity index (χ4n) is 2.16. The molecule has 14 heavy (non-hydrogen) atoms. The van der Waals surface area contributed by atoms with E-state index in [4.69, 9.17) is 0 Å². The number of fused-ring (bicyclic) bond motifs is 1. The minimum absolute atomic E-state index is 0.0931. The third-order valence-corrected chi connectivity index (χ3v) is 3.06. The van der Waals surface area contributed by atoms with Crippen molar-refractivity contribution >= 4 is 5.91 Å². The summed E-state index contributed by atoms with van der Waals surface area (Å²) in [5.41, 5.74) is 5.73. The zero-order valence-corrected chi connectivity index (χ0v) is 8.90. The molecule has 1 heterocycles. The van der Waals surface area contributed by atoms with Crippen LogP contribution in [-0.4, -0.2) is 12.5 Å². The minimum Gasteiger partial charge on any atom is -0.352 e. The molecule has 1 aliphatic rings. The first-order valence-electron chi connectivity index (χ1n) is 4.99. The highest BCUT2D eigenvalue weighted by molar-refractivity contribution is 5.98. The maximum absolute atomic E-state index is 11.7. The summed E-state index contributed by atoms with van der Waals surface area (Å²) in [6.07, 6.45) is 0.966. The lowest BCUT2D eigenvalue weighted by Gasteiger charge is -2.21. The molecule has 1 aromatic carbocycles. The van der Waals surface area contributed by atoms with Crippen LogP contribution in [0.15, 0.2) is 6.07 Å². The Morgan fingerprint density at radius 1 is 1.21 bits per heavy atom. The van der Waals surface area contributed by atoms with Gasteiger partial charge in [0, 0.05) is 12.1 Å². The second-order valence-corrected chi connectivity index (χ2v) is 3.99. The quantitative estimate of drug-likeness (QED) is 0.663. The van der Waals surface area contributed by atoms with Gasteiger partial charge in [-0.3, -0.25) is 4.79 Å². The number of aryl methyl sites for hydroxylation is 2. The molecule has 0 saturated carbocycles. The van der Waals surface area contributed by atoms with Gasteiger partial charge in [-0.1, -0.05) is 6.07 Å². The number of benzene rings is 1. The van der Waals surface area contributed by atoms with Crippen LogP contribution < -0.4 is 5.32 Å². The van der Waals surface area contributed by atoms with Gasteiger partial charge in [0.05, 0.1) is 0 Å². The van der Waals surface area contributed by atoms with Gasteiger partial charge in [0.15, 0.2) is 0 Å². The topological polar surface area (TPSA) is 29.1 Å². The van der Waals surface area contributed by atoms with E-state index in [1.165, 1.54) is 16.7 Å². The van der Waals surface area contributed by atoms with Gasteiger partial charge in [-0.15, -0.1) is 0 Å². The van der Waals surface area contributed by atoms with Crippen LogP contribution in [0.25, 0.3) is 0 Å². The molecule has 0 spiro atoms.